The third kappa shape index (κ3) is 4.23. The average Bonchev–Trinajstić information content (AvgIpc) is 3.29. The van der Waals surface area contributed by atoms with Gasteiger partial charge in [-0.25, -0.2) is 15.0 Å². The van der Waals surface area contributed by atoms with Crippen LogP contribution >= 0.6 is 11.6 Å². The Morgan fingerprint density at radius 3 is 2.67 bits per heavy atom. The summed E-state index contributed by atoms with van der Waals surface area (Å²) in [5, 5.41) is 3.21. The van der Waals surface area contributed by atoms with E-state index in [0.29, 0.717) is 11.7 Å². The van der Waals surface area contributed by atoms with Crippen LogP contribution in [0.3, 0.4) is 0 Å². The average molecular weight is 355 g/mol. The van der Waals surface area contributed by atoms with Crippen molar-refractivity contribution in [3.05, 3.63) is 46.9 Å². The Kier molecular flexibility index (Phi) is 4.45. The molecular weight excluding hydrogens is 341 g/mol. The van der Waals surface area contributed by atoms with Crippen LogP contribution in [0.2, 0.25) is 5.15 Å². The molecule has 1 aliphatic carbocycles. The van der Waals surface area contributed by atoms with Gasteiger partial charge >= 0.3 is 6.18 Å². The summed E-state index contributed by atoms with van der Waals surface area (Å²) in [4.78, 5) is 11.8. The Balaban J connectivity index is 1.91. The van der Waals surface area contributed by atoms with Crippen LogP contribution in [0.4, 0.5) is 19.0 Å². The number of pyridine rings is 1. The normalized spacial score (nSPS) is 15.5. The van der Waals surface area contributed by atoms with E-state index in [0.717, 1.165) is 11.8 Å². The van der Waals surface area contributed by atoms with Crippen molar-refractivity contribution in [2.24, 2.45) is 5.92 Å². The fraction of sp³-hybridized carbons (Fsp3) is 0.312. The van der Waals surface area contributed by atoms with E-state index < -0.39 is 11.9 Å². The van der Waals surface area contributed by atoms with Crippen molar-refractivity contribution in [3.8, 4) is 11.5 Å². The third-order valence-corrected chi connectivity index (χ3v) is 3.59. The van der Waals surface area contributed by atoms with Crippen LogP contribution in [0.1, 0.15) is 25.5 Å². The number of hydrogen-bond donors (Lipinski definition) is 1. The molecule has 1 N–H and O–H groups in total. The van der Waals surface area contributed by atoms with E-state index in [9.17, 15) is 13.2 Å². The molecule has 0 saturated heterocycles. The van der Waals surface area contributed by atoms with E-state index in [1.807, 2.05) is 6.92 Å². The van der Waals surface area contributed by atoms with Gasteiger partial charge in [-0.1, -0.05) is 23.7 Å². The van der Waals surface area contributed by atoms with Crippen molar-refractivity contribution < 1.29 is 13.2 Å². The molecule has 0 amide bonds. The van der Waals surface area contributed by atoms with Gasteiger partial charge in [-0.15, -0.1) is 0 Å². The minimum atomic E-state index is -4.53. The van der Waals surface area contributed by atoms with Gasteiger partial charge in [0.05, 0.1) is 0 Å². The van der Waals surface area contributed by atoms with Crippen molar-refractivity contribution in [2.75, 3.05) is 5.32 Å². The zero-order chi connectivity index (χ0) is 17.3. The van der Waals surface area contributed by atoms with Crippen molar-refractivity contribution in [1.82, 2.24) is 15.0 Å². The highest BCUT2D eigenvalue weighted by molar-refractivity contribution is 6.29. The molecule has 0 aliphatic heterocycles. The highest BCUT2D eigenvalue weighted by atomic mass is 35.5. The molecule has 2 heterocycles. The summed E-state index contributed by atoms with van der Waals surface area (Å²) >= 11 is 5.97. The minimum Gasteiger partial charge on any atom is -0.344 e. The summed E-state index contributed by atoms with van der Waals surface area (Å²) in [6.45, 7) is 1.90. The molecule has 126 valence electrons. The Labute approximate surface area is 141 Å². The number of aromatic nitrogens is 3. The van der Waals surface area contributed by atoms with Gasteiger partial charge in [0.15, 0.2) is 5.82 Å². The third-order valence-electron chi connectivity index (χ3n) is 3.40. The van der Waals surface area contributed by atoms with Gasteiger partial charge in [-0.3, -0.25) is 0 Å². The molecule has 0 bridgehead atoms. The molecule has 2 aromatic heterocycles. The topological polar surface area (TPSA) is 50.7 Å². The van der Waals surface area contributed by atoms with Crippen molar-refractivity contribution in [2.45, 2.75) is 25.9 Å². The van der Waals surface area contributed by atoms with E-state index in [4.69, 9.17) is 11.6 Å². The molecule has 0 aromatic carbocycles. The number of allylic oxidation sites excluding steroid dienone is 2. The fourth-order valence-corrected chi connectivity index (χ4v) is 2.36. The lowest BCUT2D eigenvalue weighted by atomic mass is 10.3. The van der Waals surface area contributed by atoms with Gasteiger partial charge in [0.25, 0.3) is 0 Å². The second-order valence-corrected chi connectivity index (χ2v) is 6.00. The first-order valence-corrected chi connectivity index (χ1v) is 7.74. The molecule has 1 fully saturated rings. The van der Waals surface area contributed by atoms with Crippen molar-refractivity contribution >= 4 is 17.4 Å². The second kappa shape index (κ2) is 6.39. The number of rotatable bonds is 4. The molecule has 0 unspecified atom stereocenters. The van der Waals surface area contributed by atoms with Crippen LogP contribution in [0.5, 0.6) is 0 Å². The van der Waals surface area contributed by atoms with Gasteiger partial charge in [0.2, 0.25) is 0 Å². The first-order chi connectivity index (χ1) is 11.3. The molecule has 3 rings (SSSR count). The largest absolute Gasteiger partial charge is 0.433 e. The predicted molar refractivity (Wildman–Crippen MR) is 85.4 cm³/mol. The van der Waals surface area contributed by atoms with E-state index in [1.165, 1.54) is 31.0 Å². The molecular formula is C16H14ClF3N4. The summed E-state index contributed by atoms with van der Waals surface area (Å²) in [7, 11) is 0. The zero-order valence-corrected chi connectivity index (χ0v) is 13.5. The number of hydrogen-bond acceptors (Lipinski definition) is 4. The van der Waals surface area contributed by atoms with Gasteiger partial charge in [-0.05, 0) is 37.8 Å². The Bertz CT molecular complexity index is 785. The maximum Gasteiger partial charge on any atom is 0.433 e. The Morgan fingerprint density at radius 1 is 1.25 bits per heavy atom. The SMILES string of the molecule is CC(=CC1CC1)Nc1cc(Cl)nc(-c2cccc(C(F)(F)F)n2)n1. The molecule has 8 heteroatoms. The van der Waals surface area contributed by atoms with Crippen molar-refractivity contribution in [1.29, 1.82) is 0 Å². The molecule has 24 heavy (non-hydrogen) atoms. The van der Waals surface area contributed by atoms with E-state index in [2.05, 4.69) is 26.3 Å². The number of nitrogens with zero attached hydrogens (tertiary/aromatic N) is 3. The quantitative estimate of drug-likeness (QED) is 0.790. The van der Waals surface area contributed by atoms with Crippen LogP contribution in [-0.2, 0) is 6.18 Å². The summed E-state index contributed by atoms with van der Waals surface area (Å²) in [5.41, 5.74) is -0.0719. The summed E-state index contributed by atoms with van der Waals surface area (Å²) in [5.74, 6) is 1.04. The minimum absolute atomic E-state index is 0.0131. The Hall–Kier alpha value is -2.15. The van der Waals surface area contributed by atoms with Crippen LogP contribution in [0.25, 0.3) is 11.5 Å². The lowest BCUT2D eigenvalue weighted by Crippen LogP contribution is -2.09. The lowest BCUT2D eigenvalue weighted by Gasteiger charge is -2.10. The van der Waals surface area contributed by atoms with E-state index in [1.54, 1.807) is 0 Å². The van der Waals surface area contributed by atoms with Crippen LogP contribution < -0.4 is 5.32 Å². The molecule has 0 atom stereocenters. The lowest BCUT2D eigenvalue weighted by molar-refractivity contribution is -0.141. The molecule has 2 aromatic rings. The molecule has 1 aliphatic rings. The van der Waals surface area contributed by atoms with E-state index in [-0.39, 0.29) is 16.7 Å². The standard InChI is InChI=1S/C16H14ClF3N4/c1-9(7-10-5-6-10)21-14-8-13(17)23-15(24-14)11-3-2-4-12(22-11)16(18,19)20/h2-4,7-8,10H,5-6H2,1H3,(H,21,23,24). The summed E-state index contributed by atoms with van der Waals surface area (Å²) in [6, 6.07) is 5.09. The highest BCUT2D eigenvalue weighted by Crippen LogP contribution is 2.32. The maximum absolute atomic E-state index is 12.8. The molecule has 1 saturated carbocycles. The fourth-order valence-electron chi connectivity index (χ4n) is 2.17. The molecule has 4 nitrogen and oxygen atoms in total. The van der Waals surface area contributed by atoms with Gasteiger partial charge < -0.3 is 5.32 Å². The smallest absolute Gasteiger partial charge is 0.344 e. The highest BCUT2D eigenvalue weighted by Gasteiger charge is 2.32. The van der Waals surface area contributed by atoms with Gasteiger partial charge in [0.1, 0.15) is 22.4 Å². The first-order valence-electron chi connectivity index (χ1n) is 7.36. The Morgan fingerprint density at radius 2 is 2.00 bits per heavy atom. The van der Waals surface area contributed by atoms with Gasteiger partial charge in [-0.2, -0.15) is 13.2 Å². The van der Waals surface area contributed by atoms with Crippen LogP contribution in [0.15, 0.2) is 36.0 Å². The predicted octanol–water partition coefficient (Wildman–Crippen LogP) is 4.94. The monoisotopic (exact) mass is 354 g/mol. The van der Waals surface area contributed by atoms with Crippen LogP contribution in [0, 0.1) is 5.92 Å². The summed E-state index contributed by atoms with van der Waals surface area (Å²) in [6.07, 6.45) is -0.0939. The number of nitrogens with one attached hydrogen (secondary N) is 1. The van der Waals surface area contributed by atoms with Crippen LogP contribution in [-0.4, -0.2) is 15.0 Å². The zero-order valence-electron chi connectivity index (χ0n) is 12.7. The number of anilines is 1. The summed E-state index contributed by atoms with van der Waals surface area (Å²) < 4.78 is 38.4. The number of alkyl halides is 3. The van der Waals surface area contributed by atoms with Gasteiger partial charge in [0, 0.05) is 11.8 Å². The molecule has 0 spiro atoms. The van der Waals surface area contributed by atoms with Crippen molar-refractivity contribution in [3.63, 3.8) is 0 Å². The first kappa shape index (κ1) is 16.7. The molecule has 0 radical (unpaired) electrons. The van der Waals surface area contributed by atoms with E-state index >= 15 is 0 Å². The second-order valence-electron chi connectivity index (χ2n) is 5.62. The number of halogens is 4. The maximum atomic E-state index is 12.8.